The van der Waals surface area contributed by atoms with Gasteiger partial charge in [0.1, 0.15) is 0 Å². The molecule has 0 spiro atoms. The molecule has 3 rings (SSSR count). The molecule has 7 nitrogen and oxygen atoms in total. The number of hydrogen-bond acceptors (Lipinski definition) is 5. The molecule has 1 unspecified atom stereocenters. The summed E-state index contributed by atoms with van der Waals surface area (Å²) in [5.41, 5.74) is 2.03. The first-order valence-corrected chi connectivity index (χ1v) is 9.05. The van der Waals surface area contributed by atoms with Crippen molar-refractivity contribution in [2.24, 2.45) is 5.92 Å². The number of carbonyl (C=O) groups is 1. The molecule has 3 heterocycles. The standard InChI is InChI=1S/C19H26N6O/c1-14(2)16(17-15(3)6-4-7-20-17)23-19(26)25-12-10-24(11-13-25)18-21-8-5-9-22-18/h4-9,14,16H,10-13H2,1-3H3,(H,23,26). The molecule has 1 aliphatic rings. The van der Waals surface area contributed by atoms with Crippen molar-refractivity contribution in [3.05, 3.63) is 48.0 Å². The van der Waals surface area contributed by atoms with Gasteiger partial charge in [0.15, 0.2) is 0 Å². The highest BCUT2D eigenvalue weighted by atomic mass is 16.2. The van der Waals surface area contributed by atoms with E-state index in [9.17, 15) is 4.79 Å². The Morgan fingerprint density at radius 3 is 2.31 bits per heavy atom. The Bertz CT molecular complexity index is 728. The maximum absolute atomic E-state index is 12.8. The van der Waals surface area contributed by atoms with Gasteiger partial charge in [-0.25, -0.2) is 14.8 Å². The molecule has 0 radical (unpaired) electrons. The number of aromatic nitrogens is 3. The summed E-state index contributed by atoms with van der Waals surface area (Å²) in [7, 11) is 0. The minimum atomic E-state index is -0.0980. The van der Waals surface area contributed by atoms with Crippen LogP contribution in [0.3, 0.4) is 0 Å². The van der Waals surface area contributed by atoms with Crippen LogP contribution in [0.25, 0.3) is 0 Å². The van der Waals surface area contributed by atoms with E-state index in [0.717, 1.165) is 30.3 Å². The summed E-state index contributed by atoms with van der Waals surface area (Å²) in [5.74, 6) is 0.975. The number of carbonyl (C=O) groups excluding carboxylic acids is 1. The van der Waals surface area contributed by atoms with Gasteiger partial charge in [0.25, 0.3) is 0 Å². The summed E-state index contributed by atoms with van der Waals surface area (Å²) in [6.07, 6.45) is 5.26. The van der Waals surface area contributed by atoms with Gasteiger partial charge >= 0.3 is 6.03 Å². The van der Waals surface area contributed by atoms with Gasteiger partial charge < -0.3 is 15.1 Å². The van der Waals surface area contributed by atoms with Gasteiger partial charge in [-0.05, 0) is 30.5 Å². The molecule has 2 aromatic heterocycles. The Morgan fingerprint density at radius 2 is 1.69 bits per heavy atom. The molecule has 0 saturated carbocycles. The Balaban J connectivity index is 1.62. The van der Waals surface area contributed by atoms with E-state index >= 15 is 0 Å². The van der Waals surface area contributed by atoms with Crippen LogP contribution in [-0.4, -0.2) is 52.1 Å². The highest BCUT2D eigenvalue weighted by molar-refractivity contribution is 5.75. The third-order valence-corrected chi connectivity index (χ3v) is 4.69. The summed E-state index contributed by atoms with van der Waals surface area (Å²) in [6, 6.07) is 5.62. The van der Waals surface area contributed by atoms with Gasteiger partial charge in [-0.2, -0.15) is 0 Å². The Morgan fingerprint density at radius 1 is 1.04 bits per heavy atom. The number of nitrogens with one attached hydrogen (secondary N) is 1. The van der Waals surface area contributed by atoms with Gasteiger partial charge in [0, 0.05) is 44.8 Å². The van der Waals surface area contributed by atoms with Crippen LogP contribution in [-0.2, 0) is 0 Å². The molecule has 2 amide bonds. The molecule has 7 heteroatoms. The molecule has 1 N–H and O–H groups in total. The quantitative estimate of drug-likeness (QED) is 0.913. The van der Waals surface area contributed by atoms with E-state index in [2.05, 4.69) is 39.0 Å². The smallest absolute Gasteiger partial charge is 0.318 e. The van der Waals surface area contributed by atoms with Crippen molar-refractivity contribution in [3.8, 4) is 0 Å². The molecular formula is C19H26N6O. The fourth-order valence-corrected chi connectivity index (χ4v) is 3.16. The Labute approximate surface area is 154 Å². The summed E-state index contributed by atoms with van der Waals surface area (Å²) >= 11 is 0. The second kappa shape index (κ2) is 8.12. The number of pyridine rings is 1. The molecule has 1 aliphatic heterocycles. The molecule has 0 aromatic carbocycles. The Kier molecular flexibility index (Phi) is 5.65. The molecular weight excluding hydrogens is 328 g/mol. The molecule has 1 saturated heterocycles. The van der Waals surface area contributed by atoms with E-state index in [-0.39, 0.29) is 18.0 Å². The molecule has 1 fully saturated rings. The highest BCUT2D eigenvalue weighted by Gasteiger charge is 2.27. The van der Waals surface area contributed by atoms with Crippen LogP contribution in [0, 0.1) is 12.8 Å². The van der Waals surface area contributed by atoms with Gasteiger partial charge in [-0.1, -0.05) is 19.9 Å². The van der Waals surface area contributed by atoms with Crippen molar-refractivity contribution in [2.75, 3.05) is 31.1 Å². The molecule has 0 aliphatic carbocycles. The number of hydrogen-bond donors (Lipinski definition) is 1. The monoisotopic (exact) mass is 354 g/mol. The predicted octanol–water partition coefficient (Wildman–Crippen LogP) is 2.41. The lowest BCUT2D eigenvalue weighted by atomic mass is 9.97. The van der Waals surface area contributed by atoms with Crippen molar-refractivity contribution in [3.63, 3.8) is 0 Å². The maximum atomic E-state index is 12.8. The van der Waals surface area contributed by atoms with Gasteiger partial charge in [0.2, 0.25) is 5.95 Å². The van der Waals surface area contributed by atoms with E-state index in [1.54, 1.807) is 24.7 Å². The number of urea groups is 1. The SMILES string of the molecule is Cc1cccnc1C(NC(=O)N1CCN(c2ncccn2)CC1)C(C)C. The minimum absolute atomic E-state index is 0.0395. The summed E-state index contributed by atoms with van der Waals surface area (Å²) in [6.45, 7) is 8.99. The fourth-order valence-electron chi connectivity index (χ4n) is 3.16. The first-order chi connectivity index (χ1) is 12.6. The number of anilines is 1. The number of amides is 2. The number of aryl methyl sites for hydroxylation is 1. The highest BCUT2D eigenvalue weighted by Crippen LogP contribution is 2.23. The number of piperazine rings is 1. The predicted molar refractivity (Wildman–Crippen MR) is 101 cm³/mol. The van der Waals surface area contributed by atoms with Gasteiger partial charge in [-0.15, -0.1) is 0 Å². The van der Waals surface area contributed by atoms with Crippen molar-refractivity contribution in [2.45, 2.75) is 26.8 Å². The van der Waals surface area contributed by atoms with E-state index in [1.807, 2.05) is 24.0 Å². The number of rotatable bonds is 4. The third kappa shape index (κ3) is 4.09. The van der Waals surface area contributed by atoms with Crippen molar-refractivity contribution in [1.82, 2.24) is 25.2 Å². The van der Waals surface area contributed by atoms with Gasteiger partial charge in [-0.3, -0.25) is 4.98 Å². The first kappa shape index (κ1) is 18.1. The van der Waals surface area contributed by atoms with Crippen LogP contribution in [0.2, 0.25) is 0 Å². The number of nitrogens with zero attached hydrogens (tertiary/aromatic N) is 5. The van der Waals surface area contributed by atoms with Gasteiger partial charge in [0.05, 0.1) is 11.7 Å². The van der Waals surface area contributed by atoms with Crippen LogP contribution < -0.4 is 10.2 Å². The lowest BCUT2D eigenvalue weighted by molar-refractivity contribution is 0.186. The topological polar surface area (TPSA) is 74.2 Å². The zero-order valence-corrected chi connectivity index (χ0v) is 15.6. The minimum Gasteiger partial charge on any atom is -0.337 e. The molecule has 26 heavy (non-hydrogen) atoms. The van der Waals surface area contributed by atoms with Crippen molar-refractivity contribution in [1.29, 1.82) is 0 Å². The molecule has 138 valence electrons. The lowest BCUT2D eigenvalue weighted by Gasteiger charge is -2.36. The fraction of sp³-hybridized carbons (Fsp3) is 0.474. The zero-order valence-electron chi connectivity index (χ0n) is 15.6. The average molecular weight is 354 g/mol. The second-order valence-electron chi connectivity index (χ2n) is 6.90. The second-order valence-corrected chi connectivity index (χ2v) is 6.90. The van der Waals surface area contributed by atoms with Crippen LogP contribution >= 0.6 is 0 Å². The Hall–Kier alpha value is -2.70. The van der Waals surface area contributed by atoms with Crippen LogP contribution in [0.15, 0.2) is 36.8 Å². The molecule has 1 atom stereocenters. The van der Waals surface area contributed by atoms with E-state index in [1.165, 1.54) is 0 Å². The summed E-state index contributed by atoms with van der Waals surface area (Å²) in [5, 5.41) is 3.17. The van der Waals surface area contributed by atoms with Crippen LogP contribution in [0.5, 0.6) is 0 Å². The van der Waals surface area contributed by atoms with E-state index in [4.69, 9.17) is 0 Å². The van der Waals surface area contributed by atoms with Crippen LogP contribution in [0.1, 0.15) is 31.1 Å². The molecule has 0 bridgehead atoms. The van der Waals surface area contributed by atoms with Crippen molar-refractivity contribution >= 4 is 12.0 Å². The average Bonchev–Trinajstić information content (AvgIpc) is 2.67. The zero-order chi connectivity index (χ0) is 18.5. The van der Waals surface area contributed by atoms with E-state index < -0.39 is 0 Å². The largest absolute Gasteiger partial charge is 0.337 e. The first-order valence-electron chi connectivity index (χ1n) is 9.05. The lowest BCUT2D eigenvalue weighted by Crippen LogP contribution is -2.53. The third-order valence-electron chi connectivity index (χ3n) is 4.69. The van der Waals surface area contributed by atoms with E-state index in [0.29, 0.717) is 13.1 Å². The van der Waals surface area contributed by atoms with Crippen molar-refractivity contribution < 1.29 is 4.79 Å². The normalized spacial score (nSPS) is 15.8. The maximum Gasteiger partial charge on any atom is 0.318 e. The summed E-state index contributed by atoms with van der Waals surface area (Å²) in [4.78, 5) is 29.8. The van der Waals surface area contributed by atoms with Crippen LogP contribution in [0.4, 0.5) is 10.7 Å². The summed E-state index contributed by atoms with van der Waals surface area (Å²) < 4.78 is 0. The molecule has 2 aromatic rings.